The van der Waals surface area contributed by atoms with E-state index in [1.165, 1.54) is 0 Å². The molecule has 96 valence electrons. The van der Waals surface area contributed by atoms with Crippen molar-refractivity contribution in [2.75, 3.05) is 12.4 Å². The van der Waals surface area contributed by atoms with Gasteiger partial charge in [0.1, 0.15) is 5.75 Å². The maximum absolute atomic E-state index is 8.92. The van der Waals surface area contributed by atoms with Crippen LogP contribution in [0.1, 0.15) is 11.1 Å². The summed E-state index contributed by atoms with van der Waals surface area (Å²) in [5.41, 5.74) is 2.70. The molecule has 0 saturated carbocycles. The molecule has 0 atom stereocenters. The van der Waals surface area contributed by atoms with Crippen LogP contribution in [-0.4, -0.2) is 7.11 Å². The van der Waals surface area contributed by atoms with Gasteiger partial charge in [-0.1, -0.05) is 28.1 Å². The minimum Gasteiger partial charge on any atom is -0.497 e. The van der Waals surface area contributed by atoms with Crippen molar-refractivity contribution in [2.45, 2.75) is 6.54 Å². The third-order valence-corrected chi connectivity index (χ3v) is 3.14. The van der Waals surface area contributed by atoms with Gasteiger partial charge in [0, 0.05) is 16.7 Å². The number of benzene rings is 2. The standard InChI is InChI=1S/C15H13BrN2O/c1-19-15-4-2-11(3-5-15)10-18-14-7-12(9-17)6-13(16)8-14/h2-8,18H,10H2,1H3. The molecule has 0 aliphatic rings. The maximum Gasteiger partial charge on any atom is 0.118 e. The summed E-state index contributed by atoms with van der Waals surface area (Å²) in [6, 6.07) is 15.6. The summed E-state index contributed by atoms with van der Waals surface area (Å²) in [5, 5.41) is 12.2. The molecule has 2 aromatic rings. The fourth-order valence-corrected chi connectivity index (χ4v) is 2.20. The molecule has 0 fully saturated rings. The van der Waals surface area contributed by atoms with E-state index in [0.29, 0.717) is 12.1 Å². The van der Waals surface area contributed by atoms with Crippen molar-refractivity contribution in [1.29, 1.82) is 5.26 Å². The highest BCUT2D eigenvalue weighted by molar-refractivity contribution is 9.10. The van der Waals surface area contributed by atoms with Gasteiger partial charge in [0.15, 0.2) is 0 Å². The molecule has 0 unspecified atom stereocenters. The van der Waals surface area contributed by atoms with Crippen LogP contribution in [0.2, 0.25) is 0 Å². The van der Waals surface area contributed by atoms with Gasteiger partial charge in [0.05, 0.1) is 18.7 Å². The zero-order valence-corrected chi connectivity index (χ0v) is 12.1. The van der Waals surface area contributed by atoms with E-state index in [0.717, 1.165) is 21.5 Å². The number of nitriles is 1. The largest absolute Gasteiger partial charge is 0.497 e. The average Bonchev–Trinajstić information content (AvgIpc) is 2.45. The molecule has 0 heterocycles. The van der Waals surface area contributed by atoms with E-state index in [9.17, 15) is 0 Å². The Morgan fingerprint density at radius 1 is 1.21 bits per heavy atom. The Morgan fingerprint density at radius 2 is 1.95 bits per heavy atom. The summed E-state index contributed by atoms with van der Waals surface area (Å²) >= 11 is 3.39. The second-order valence-electron chi connectivity index (χ2n) is 4.04. The highest BCUT2D eigenvalue weighted by atomic mass is 79.9. The van der Waals surface area contributed by atoms with Crippen LogP contribution in [-0.2, 0) is 6.54 Å². The summed E-state index contributed by atoms with van der Waals surface area (Å²) in [7, 11) is 1.65. The van der Waals surface area contributed by atoms with Gasteiger partial charge in [-0.05, 0) is 35.9 Å². The normalized spacial score (nSPS) is 9.74. The number of methoxy groups -OCH3 is 1. The molecule has 0 bridgehead atoms. The second-order valence-corrected chi connectivity index (χ2v) is 4.96. The lowest BCUT2D eigenvalue weighted by Crippen LogP contribution is -1.99. The van der Waals surface area contributed by atoms with Crippen molar-refractivity contribution in [2.24, 2.45) is 0 Å². The van der Waals surface area contributed by atoms with E-state index in [4.69, 9.17) is 10.00 Å². The molecule has 0 aromatic heterocycles. The van der Waals surface area contributed by atoms with Gasteiger partial charge in [-0.15, -0.1) is 0 Å². The van der Waals surface area contributed by atoms with Crippen LogP contribution in [0.5, 0.6) is 5.75 Å². The third kappa shape index (κ3) is 3.73. The number of ether oxygens (including phenoxy) is 1. The highest BCUT2D eigenvalue weighted by Gasteiger charge is 1.99. The number of anilines is 1. The fraction of sp³-hybridized carbons (Fsp3) is 0.133. The van der Waals surface area contributed by atoms with Gasteiger partial charge in [-0.3, -0.25) is 0 Å². The monoisotopic (exact) mass is 316 g/mol. The van der Waals surface area contributed by atoms with Crippen molar-refractivity contribution < 1.29 is 4.74 Å². The van der Waals surface area contributed by atoms with E-state index < -0.39 is 0 Å². The number of nitrogens with zero attached hydrogens (tertiary/aromatic N) is 1. The summed E-state index contributed by atoms with van der Waals surface area (Å²) in [4.78, 5) is 0. The number of halogens is 1. The molecule has 4 heteroatoms. The van der Waals surface area contributed by atoms with Gasteiger partial charge in [-0.25, -0.2) is 0 Å². The maximum atomic E-state index is 8.92. The number of hydrogen-bond donors (Lipinski definition) is 1. The Hall–Kier alpha value is -1.99. The van der Waals surface area contributed by atoms with Crippen molar-refractivity contribution in [3.8, 4) is 11.8 Å². The lowest BCUT2D eigenvalue weighted by Gasteiger charge is -2.08. The molecular weight excluding hydrogens is 304 g/mol. The highest BCUT2D eigenvalue weighted by Crippen LogP contribution is 2.20. The SMILES string of the molecule is COc1ccc(CNc2cc(Br)cc(C#N)c2)cc1. The van der Waals surface area contributed by atoms with Crippen molar-refractivity contribution in [1.82, 2.24) is 0 Å². The fourth-order valence-electron chi connectivity index (χ4n) is 1.70. The first-order valence-corrected chi connectivity index (χ1v) is 6.58. The smallest absolute Gasteiger partial charge is 0.118 e. The van der Waals surface area contributed by atoms with E-state index in [1.807, 2.05) is 36.4 Å². The molecule has 0 amide bonds. The van der Waals surface area contributed by atoms with Gasteiger partial charge < -0.3 is 10.1 Å². The van der Waals surface area contributed by atoms with E-state index in [-0.39, 0.29) is 0 Å². The van der Waals surface area contributed by atoms with E-state index in [1.54, 1.807) is 13.2 Å². The van der Waals surface area contributed by atoms with Crippen LogP contribution in [0.15, 0.2) is 46.9 Å². The molecule has 0 aliphatic carbocycles. The Labute approximate surface area is 121 Å². The van der Waals surface area contributed by atoms with Crippen LogP contribution in [0, 0.1) is 11.3 Å². The van der Waals surface area contributed by atoms with Crippen LogP contribution in [0.25, 0.3) is 0 Å². The molecule has 19 heavy (non-hydrogen) atoms. The van der Waals surface area contributed by atoms with E-state index in [2.05, 4.69) is 27.3 Å². The zero-order valence-electron chi connectivity index (χ0n) is 10.5. The van der Waals surface area contributed by atoms with Gasteiger partial charge in [0.25, 0.3) is 0 Å². The molecule has 1 N–H and O–H groups in total. The second kappa shape index (κ2) is 6.26. The minimum atomic E-state index is 0.631. The van der Waals surface area contributed by atoms with Gasteiger partial charge >= 0.3 is 0 Å². The van der Waals surface area contributed by atoms with Crippen molar-refractivity contribution >= 4 is 21.6 Å². The molecule has 2 aromatic carbocycles. The van der Waals surface area contributed by atoms with Crippen LogP contribution < -0.4 is 10.1 Å². The predicted octanol–water partition coefficient (Wildman–Crippen LogP) is 3.94. The Kier molecular flexibility index (Phi) is 4.43. The molecule has 0 spiro atoms. The molecular formula is C15H13BrN2O. The summed E-state index contributed by atoms with van der Waals surface area (Å²) < 4.78 is 6.01. The van der Waals surface area contributed by atoms with Crippen LogP contribution in [0.3, 0.4) is 0 Å². The molecule has 0 radical (unpaired) electrons. The van der Waals surface area contributed by atoms with Crippen LogP contribution in [0.4, 0.5) is 5.69 Å². The van der Waals surface area contributed by atoms with Crippen LogP contribution >= 0.6 is 15.9 Å². The first-order chi connectivity index (χ1) is 9.21. The van der Waals surface area contributed by atoms with Crippen molar-refractivity contribution in [3.05, 3.63) is 58.1 Å². The Morgan fingerprint density at radius 3 is 2.58 bits per heavy atom. The van der Waals surface area contributed by atoms with Crippen molar-refractivity contribution in [3.63, 3.8) is 0 Å². The Balaban J connectivity index is 2.05. The predicted molar refractivity (Wildman–Crippen MR) is 79.2 cm³/mol. The molecule has 0 saturated heterocycles. The topological polar surface area (TPSA) is 45.0 Å². The quantitative estimate of drug-likeness (QED) is 0.929. The zero-order chi connectivity index (χ0) is 13.7. The minimum absolute atomic E-state index is 0.631. The molecule has 3 nitrogen and oxygen atoms in total. The summed E-state index contributed by atoms with van der Waals surface area (Å²) in [6.07, 6.45) is 0. The number of nitrogens with one attached hydrogen (secondary N) is 1. The summed E-state index contributed by atoms with van der Waals surface area (Å²) in [5.74, 6) is 0.845. The lowest BCUT2D eigenvalue weighted by molar-refractivity contribution is 0.414. The van der Waals surface area contributed by atoms with E-state index >= 15 is 0 Å². The molecule has 2 rings (SSSR count). The first kappa shape index (κ1) is 13.4. The lowest BCUT2D eigenvalue weighted by atomic mass is 10.2. The molecule has 0 aliphatic heterocycles. The number of hydrogen-bond acceptors (Lipinski definition) is 3. The first-order valence-electron chi connectivity index (χ1n) is 5.79. The van der Waals surface area contributed by atoms with Gasteiger partial charge in [0.2, 0.25) is 0 Å². The summed E-state index contributed by atoms with van der Waals surface area (Å²) in [6.45, 7) is 0.700. The van der Waals surface area contributed by atoms with Gasteiger partial charge in [-0.2, -0.15) is 5.26 Å². The number of rotatable bonds is 4. The average molecular weight is 317 g/mol. The third-order valence-electron chi connectivity index (χ3n) is 2.68. The Bertz CT molecular complexity index is 603.